The van der Waals surface area contributed by atoms with Crippen LogP contribution in [0.3, 0.4) is 0 Å². The summed E-state index contributed by atoms with van der Waals surface area (Å²) in [5.74, 6) is -0.386. The van der Waals surface area contributed by atoms with Crippen molar-refractivity contribution < 1.29 is 18.9 Å². The lowest BCUT2D eigenvalue weighted by Gasteiger charge is -2.37. The fourth-order valence-corrected chi connectivity index (χ4v) is 6.24. The Morgan fingerprint density at radius 3 is 1.98 bits per heavy atom. The molecule has 3 aromatic carbocycles. The molecule has 0 amide bonds. The first-order chi connectivity index (χ1) is 20.0. The first-order valence-corrected chi connectivity index (χ1v) is 13.9. The zero-order valence-corrected chi connectivity index (χ0v) is 22.9. The molecule has 2 aliphatic heterocycles. The van der Waals surface area contributed by atoms with Crippen molar-refractivity contribution in [2.24, 2.45) is 0 Å². The van der Waals surface area contributed by atoms with Crippen LogP contribution in [-0.2, 0) is 24.5 Å². The molecule has 4 heterocycles. The van der Waals surface area contributed by atoms with Crippen LogP contribution in [0.25, 0.3) is 11.0 Å². The minimum atomic E-state index is -0.877. The molecule has 0 bridgehead atoms. The summed E-state index contributed by atoms with van der Waals surface area (Å²) in [6, 6.07) is 30.9. The third kappa shape index (κ3) is 4.40. The van der Waals surface area contributed by atoms with Crippen molar-refractivity contribution in [1.82, 2.24) is 15.0 Å². The molecule has 5 aromatic rings. The lowest BCUT2D eigenvalue weighted by atomic mass is 9.80. The van der Waals surface area contributed by atoms with Crippen molar-refractivity contribution >= 4 is 16.9 Å². The molecule has 2 aromatic heterocycles. The van der Waals surface area contributed by atoms with E-state index in [1.807, 2.05) is 74.6 Å². The van der Waals surface area contributed by atoms with Crippen molar-refractivity contribution in [2.45, 2.75) is 49.7 Å². The minimum absolute atomic E-state index is 0.259. The van der Waals surface area contributed by atoms with Crippen molar-refractivity contribution in [3.8, 4) is 0 Å². The van der Waals surface area contributed by atoms with Crippen LogP contribution in [0.4, 0.5) is 5.82 Å². The molecule has 0 unspecified atom stereocenters. The number of hydrogen-bond acceptors (Lipinski definition) is 7. The molecular weight excluding hydrogens is 516 g/mol. The van der Waals surface area contributed by atoms with Crippen LogP contribution in [0.2, 0.25) is 0 Å². The molecule has 8 heteroatoms. The Balaban J connectivity index is 1.28. The van der Waals surface area contributed by atoms with Gasteiger partial charge in [0.15, 0.2) is 11.6 Å². The number of nitrogen functional groups attached to an aromatic ring is 1. The van der Waals surface area contributed by atoms with Crippen molar-refractivity contribution in [2.75, 3.05) is 12.3 Å². The average molecular weight is 549 g/mol. The van der Waals surface area contributed by atoms with Gasteiger partial charge in [0.25, 0.3) is 0 Å². The minimum Gasteiger partial charge on any atom is -0.382 e. The number of hydrogen-bond donors (Lipinski definition) is 2. The number of aromatic amines is 1. The van der Waals surface area contributed by atoms with E-state index in [0.29, 0.717) is 16.9 Å². The van der Waals surface area contributed by atoms with Crippen LogP contribution in [-0.4, -0.2) is 45.7 Å². The Morgan fingerprint density at radius 1 is 0.829 bits per heavy atom. The highest BCUT2D eigenvalue weighted by Crippen LogP contribution is 2.48. The third-order valence-corrected chi connectivity index (χ3v) is 7.98. The van der Waals surface area contributed by atoms with Crippen molar-refractivity contribution in [3.63, 3.8) is 0 Å². The molecule has 3 N–H and O–H groups in total. The number of ether oxygens (including phenoxy) is 4. The lowest BCUT2D eigenvalue weighted by Crippen LogP contribution is -2.39. The molecule has 2 fully saturated rings. The van der Waals surface area contributed by atoms with Gasteiger partial charge in [0.2, 0.25) is 0 Å². The number of nitrogens with zero attached hydrogens (tertiary/aromatic N) is 2. The highest BCUT2D eigenvalue weighted by molar-refractivity contribution is 5.87. The fraction of sp³-hybridized carbons (Fsp3) is 0.273. The summed E-state index contributed by atoms with van der Waals surface area (Å²) >= 11 is 0. The van der Waals surface area contributed by atoms with Gasteiger partial charge >= 0.3 is 0 Å². The summed E-state index contributed by atoms with van der Waals surface area (Å²) in [5, 5.41) is 0. The largest absolute Gasteiger partial charge is 0.382 e. The second kappa shape index (κ2) is 10.1. The van der Waals surface area contributed by atoms with E-state index >= 15 is 0 Å². The van der Waals surface area contributed by atoms with E-state index in [0.717, 1.165) is 22.3 Å². The first-order valence-electron chi connectivity index (χ1n) is 13.9. The fourth-order valence-electron chi connectivity index (χ4n) is 6.24. The van der Waals surface area contributed by atoms with E-state index in [2.05, 4.69) is 51.4 Å². The topological polar surface area (TPSA) is 105 Å². The average Bonchev–Trinajstić information content (AvgIpc) is 3.67. The number of anilines is 1. The maximum Gasteiger partial charge on any atom is 0.164 e. The quantitative estimate of drug-likeness (QED) is 0.259. The maximum absolute atomic E-state index is 7.11. The van der Waals surface area contributed by atoms with Gasteiger partial charge in [-0.25, -0.2) is 9.97 Å². The van der Waals surface area contributed by atoms with E-state index in [1.165, 1.54) is 6.33 Å². The number of nitrogens with two attached hydrogens (primary N) is 1. The second-order valence-electron chi connectivity index (χ2n) is 11.0. The van der Waals surface area contributed by atoms with Gasteiger partial charge in [-0.1, -0.05) is 91.0 Å². The van der Waals surface area contributed by atoms with Crippen LogP contribution >= 0.6 is 0 Å². The molecule has 0 spiro atoms. The van der Waals surface area contributed by atoms with Crippen LogP contribution in [0, 0.1) is 0 Å². The van der Waals surface area contributed by atoms with Crippen molar-refractivity contribution in [1.29, 1.82) is 0 Å². The van der Waals surface area contributed by atoms with Crippen LogP contribution in [0.1, 0.15) is 42.2 Å². The molecule has 2 saturated heterocycles. The van der Waals surface area contributed by atoms with E-state index in [9.17, 15) is 0 Å². The number of fused-ring (bicyclic) bond motifs is 2. The molecule has 8 nitrogen and oxygen atoms in total. The highest BCUT2D eigenvalue weighted by atomic mass is 16.8. The number of aromatic nitrogens is 3. The zero-order valence-electron chi connectivity index (χ0n) is 22.9. The van der Waals surface area contributed by atoms with E-state index in [4.69, 9.17) is 24.7 Å². The normalized spacial score (nSPS) is 23.6. The van der Waals surface area contributed by atoms with Gasteiger partial charge in [-0.15, -0.1) is 0 Å². The molecule has 7 rings (SSSR count). The summed E-state index contributed by atoms with van der Waals surface area (Å²) in [7, 11) is 0. The number of H-pyrrole nitrogens is 1. The Hall–Kier alpha value is -4.08. The van der Waals surface area contributed by atoms with Gasteiger partial charge < -0.3 is 29.7 Å². The van der Waals surface area contributed by atoms with E-state index < -0.39 is 23.6 Å². The van der Waals surface area contributed by atoms with E-state index in [-0.39, 0.29) is 18.8 Å². The Kier molecular flexibility index (Phi) is 6.36. The smallest absolute Gasteiger partial charge is 0.164 e. The number of benzene rings is 3. The lowest BCUT2D eigenvalue weighted by molar-refractivity contribution is -0.196. The van der Waals surface area contributed by atoms with Gasteiger partial charge in [-0.3, -0.25) is 0 Å². The predicted molar refractivity (Wildman–Crippen MR) is 155 cm³/mol. The SMILES string of the molecule is CC1(C)O[C@@H]2[C@@H](O1)[C@@H](COC(c1ccccc1)(c1ccccc1)c1ccccc1)O[C@@H]2c1c[nH]c2c(N)ncnc12. The molecular formula is C33H32N4O4. The Morgan fingerprint density at radius 2 is 1.39 bits per heavy atom. The monoisotopic (exact) mass is 548 g/mol. The second-order valence-corrected chi connectivity index (χ2v) is 11.0. The Bertz CT molecular complexity index is 1550. The summed E-state index contributed by atoms with van der Waals surface area (Å²) in [6.45, 7) is 4.12. The van der Waals surface area contributed by atoms with Crippen LogP contribution < -0.4 is 5.73 Å². The summed E-state index contributed by atoms with van der Waals surface area (Å²) in [5.41, 5.74) is 10.5. The maximum atomic E-state index is 7.11. The predicted octanol–water partition coefficient (Wildman–Crippen LogP) is 5.51. The van der Waals surface area contributed by atoms with Crippen molar-refractivity contribution in [3.05, 3.63) is 126 Å². The number of nitrogens with one attached hydrogen (secondary N) is 1. The summed E-state index contributed by atoms with van der Waals surface area (Å²) in [6.07, 6.45) is 1.79. The van der Waals surface area contributed by atoms with Crippen LogP contribution in [0.15, 0.2) is 104 Å². The summed E-state index contributed by atoms with van der Waals surface area (Å²) in [4.78, 5) is 11.8. The van der Waals surface area contributed by atoms with Gasteiger partial charge in [-0.05, 0) is 30.5 Å². The molecule has 2 aliphatic rings. The Labute approximate surface area is 238 Å². The summed E-state index contributed by atoms with van der Waals surface area (Å²) < 4.78 is 26.7. The first kappa shape index (κ1) is 25.9. The van der Waals surface area contributed by atoms with Gasteiger partial charge in [0.1, 0.15) is 41.9 Å². The molecule has 41 heavy (non-hydrogen) atoms. The van der Waals surface area contributed by atoms with Gasteiger partial charge in [-0.2, -0.15) is 0 Å². The highest BCUT2D eigenvalue weighted by Gasteiger charge is 2.56. The number of rotatable bonds is 7. The third-order valence-electron chi connectivity index (χ3n) is 7.98. The van der Waals surface area contributed by atoms with Crippen LogP contribution in [0.5, 0.6) is 0 Å². The van der Waals surface area contributed by atoms with E-state index in [1.54, 1.807) is 0 Å². The zero-order chi connectivity index (χ0) is 28.0. The van der Waals surface area contributed by atoms with Gasteiger partial charge in [0.05, 0.1) is 12.1 Å². The molecule has 0 radical (unpaired) electrons. The standard InChI is InChI=1S/C33H32N4O4/c1-32(2)40-29-25(39-28(30(29)41-32)24-18-35-27-26(24)36-20-37-31(27)34)19-38-33(21-12-6-3-7-13-21,22-14-8-4-9-15-22)23-16-10-5-11-17-23/h3-18,20,25,28-30,35H,19H2,1-2H3,(H2,34,36,37)/t25-,28-,29+,30+/m1/s1. The molecule has 208 valence electrons. The van der Waals surface area contributed by atoms with Gasteiger partial charge in [0, 0.05) is 11.8 Å². The molecule has 0 aliphatic carbocycles. The molecule has 0 saturated carbocycles. The molecule has 4 atom stereocenters.